The van der Waals surface area contributed by atoms with Gasteiger partial charge in [0.25, 0.3) is 0 Å². The van der Waals surface area contributed by atoms with Crippen molar-refractivity contribution in [3.05, 3.63) is 90.0 Å². The number of sulfonamides is 2. The monoisotopic (exact) mass is 585 g/mol. The molecule has 0 atom stereocenters. The first-order valence-corrected chi connectivity index (χ1v) is 16.1. The molecule has 0 radical (unpaired) electrons. The summed E-state index contributed by atoms with van der Waals surface area (Å²) in [6.45, 7) is 0.955. The maximum atomic E-state index is 13.5. The summed E-state index contributed by atoms with van der Waals surface area (Å²) in [5.41, 5.74) is 1.66. The number of amides is 1. The molecule has 9 nitrogen and oxygen atoms in total. The zero-order valence-corrected chi connectivity index (χ0v) is 24.2. The number of nitrogens with zero attached hydrogens (tertiary/aromatic N) is 2. The highest BCUT2D eigenvalue weighted by Gasteiger charge is 2.27. The van der Waals surface area contributed by atoms with Crippen molar-refractivity contribution in [2.24, 2.45) is 0 Å². The van der Waals surface area contributed by atoms with E-state index in [1.165, 1.54) is 27.9 Å². The summed E-state index contributed by atoms with van der Waals surface area (Å²) in [5, 5.41) is 2.77. The summed E-state index contributed by atoms with van der Waals surface area (Å²) >= 11 is 0. The molecule has 0 unspecified atom stereocenters. The molecule has 1 heterocycles. The number of carbonyl (C=O) groups is 1. The molecule has 1 aliphatic rings. The molecule has 3 aromatic rings. The predicted molar refractivity (Wildman–Crippen MR) is 153 cm³/mol. The quantitative estimate of drug-likeness (QED) is 0.349. The van der Waals surface area contributed by atoms with Gasteiger partial charge in [-0.2, -0.15) is 8.61 Å². The number of hydrogen-bond acceptors (Lipinski definition) is 6. The largest absolute Gasteiger partial charge is 0.497 e. The van der Waals surface area contributed by atoms with Gasteiger partial charge in [-0.3, -0.25) is 4.79 Å². The van der Waals surface area contributed by atoms with Crippen molar-refractivity contribution in [3.63, 3.8) is 0 Å². The van der Waals surface area contributed by atoms with Crippen LogP contribution in [0.4, 0.5) is 0 Å². The Labute approximate surface area is 236 Å². The number of methoxy groups -OCH3 is 1. The molecule has 40 heavy (non-hydrogen) atoms. The van der Waals surface area contributed by atoms with Gasteiger partial charge in [-0.1, -0.05) is 48.9 Å². The standard InChI is InChI=1S/C29H35N3O6S2/c1-38-26-12-16-28(17-13-26)40(36,37)32(21-18-24-8-4-2-5-9-24)23-29(33)30-22-25-10-14-27(15-11-25)39(34,35)31-19-6-3-7-20-31/h2,4-5,8-17H,3,6-7,18-23H2,1H3,(H,30,33). The van der Waals surface area contributed by atoms with Crippen LogP contribution in [-0.4, -0.2) is 64.6 Å². The number of carbonyl (C=O) groups excluding carboxylic acids is 1. The number of benzene rings is 3. The number of nitrogens with one attached hydrogen (secondary N) is 1. The molecule has 1 N–H and O–H groups in total. The van der Waals surface area contributed by atoms with E-state index in [0.717, 1.165) is 24.8 Å². The molecule has 214 valence electrons. The third kappa shape index (κ3) is 7.48. The lowest BCUT2D eigenvalue weighted by atomic mass is 10.1. The van der Waals surface area contributed by atoms with E-state index in [2.05, 4.69) is 5.32 Å². The van der Waals surface area contributed by atoms with Crippen molar-refractivity contribution in [2.45, 2.75) is 42.0 Å². The Morgan fingerprint density at radius 3 is 2.08 bits per heavy atom. The molecule has 1 saturated heterocycles. The van der Waals surface area contributed by atoms with E-state index in [0.29, 0.717) is 30.8 Å². The summed E-state index contributed by atoms with van der Waals surface area (Å²) in [7, 11) is -6.00. The number of piperidine rings is 1. The SMILES string of the molecule is COc1ccc(S(=O)(=O)N(CCc2ccccc2)CC(=O)NCc2ccc(S(=O)(=O)N3CCCCC3)cc2)cc1. The minimum absolute atomic E-state index is 0.0691. The molecule has 1 amide bonds. The molecule has 0 aliphatic carbocycles. The van der Waals surface area contributed by atoms with Crippen LogP contribution in [0.5, 0.6) is 5.75 Å². The molecule has 0 spiro atoms. The van der Waals surface area contributed by atoms with Gasteiger partial charge in [0.2, 0.25) is 26.0 Å². The van der Waals surface area contributed by atoms with Crippen LogP contribution in [0.25, 0.3) is 0 Å². The van der Waals surface area contributed by atoms with E-state index in [-0.39, 0.29) is 29.4 Å². The highest BCUT2D eigenvalue weighted by Crippen LogP contribution is 2.22. The first-order valence-electron chi connectivity index (χ1n) is 13.2. The third-order valence-electron chi connectivity index (χ3n) is 6.88. The van der Waals surface area contributed by atoms with Crippen molar-refractivity contribution in [3.8, 4) is 5.75 Å². The van der Waals surface area contributed by atoms with Crippen LogP contribution in [0.1, 0.15) is 30.4 Å². The van der Waals surface area contributed by atoms with Gasteiger partial charge in [0.1, 0.15) is 5.75 Å². The Morgan fingerprint density at radius 2 is 1.45 bits per heavy atom. The van der Waals surface area contributed by atoms with Crippen LogP contribution >= 0.6 is 0 Å². The molecule has 0 aromatic heterocycles. The van der Waals surface area contributed by atoms with E-state index in [1.54, 1.807) is 36.4 Å². The normalized spacial score (nSPS) is 14.7. The van der Waals surface area contributed by atoms with Gasteiger partial charge in [0, 0.05) is 26.2 Å². The minimum Gasteiger partial charge on any atom is -0.497 e. The topological polar surface area (TPSA) is 113 Å². The van der Waals surface area contributed by atoms with Crippen molar-refractivity contribution < 1.29 is 26.4 Å². The van der Waals surface area contributed by atoms with Gasteiger partial charge in [0.15, 0.2) is 0 Å². The fourth-order valence-corrected chi connectivity index (χ4v) is 7.44. The average molecular weight is 586 g/mol. The number of ether oxygens (including phenoxy) is 1. The van der Waals surface area contributed by atoms with Gasteiger partial charge in [-0.25, -0.2) is 16.8 Å². The Kier molecular flexibility index (Phi) is 9.96. The second-order valence-electron chi connectivity index (χ2n) is 9.64. The van der Waals surface area contributed by atoms with Crippen LogP contribution in [0.3, 0.4) is 0 Å². The van der Waals surface area contributed by atoms with Crippen molar-refractivity contribution >= 4 is 26.0 Å². The lowest BCUT2D eigenvalue weighted by Gasteiger charge is -2.25. The Hall–Kier alpha value is -3.25. The molecule has 1 fully saturated rings. The van der Waals surface area contributed by atoms with Crippen molar-refractivity contribution in [1.82, 2.24) is 13.9 Å². The third-order valence-corrected chi connectivity index (χ3v) is 10.6. The Morgan fingerprint density at radius 1 is 0.825 bits per heavy atom. The average Bonchev–Trinajstić information content (AvgIpc) is 2.99. The van der Waals surface area contributed by atoms with Crippen LogP contribution in [-0.2, 0) is 37.8 Å². The summed E-state index contributed by atoms with van der Waals surface area (Å²) in [4.78, 5) is 13.2. The smallest absolute Gasteiger partial charge is 0.243 e. The van der Waals surface area contributed by atoms with Gasteiger partial charge in [-0.15, -0.1) is 0 Å². The summed E-state index contributed by atoms with van der Waals surface area (Å²) in [5.74, 6) is 0.0671. The first-order chi connectivity index (χ1) is 19.2. The summed E-state index contributed by atoms with van der Waals surface area (Å²) in [6.07, 6.45) is 3.20. The maximum Gasteiger partial charge on any atom is 0.243 e. The molecular formula is C29H35N3O6S2. The molecular weight excluding hydrogens is 550 g/mol. The highest BCUT2D eigenvalue weighted by molar-refractivity contribution is 7.89. The second kappa shape index (κ2) is 13.4. The van der Waals surface area contributed by atoms with E-state index in [4.69, 9.17) is 4.74 Å². The molecule has 4 rings (SSSR count). The first kappa shape index (κ1) is 29.7. The zero-order chi connectivity index (χ0) is 28.6. The fourth-order valence-electron chi connectivity index (χ4n) is 4.53. The molecule has 0 bridgehead atoms. The molecule has 3 aromatic carbocycles. The van der Waals surface area contributed by atoms with Crippen LogP contribution < -0.4 is 10.1 Å². The lowest BCUT2D eigenvalue weighted by molar-refractivity contribution is -0.121. The van der Waals surface area contributed by atoms with E-state index in [9.17, 15) is 21.6 Å². The van der Waals surface area contributed by atoms with E-state index >= 15 is 0 Å². The van der Waals surface area contributed by atoms with E-state index in [1.807, 2.05) is 30.3 Å². The number of hydrogen-bond donors (Lipinski definition) is 1. The molecule has 11 heteroatoms. The van der Waals surface area contributed by atoms with Crippen LogP contribution in [0.15, 0.2) is 88.7 Å². The second-order valence-corrected chi connectivity index (χ2v) is 13.5. The van der Waals surface area contributed by atoms with Gasteiger partial charge >= 0.3 is 0 Å². The Bertz CT molecular complexity index is 1470. The van der Waals surface area contributed by atoms with Gasteiger partial charge in [-0.05, 0) is 66.8 Å². The highest BCUT2D eigenvalue weighted by atomic mass is 32.2. The minimum atomic E-state index is -3.96. The van der Waals surface area contributed by atoms with Crippen molar-refractivity contribution in [2.75, 3.05) is 33.3 Å². The van der Waals surface area contributed by atoms with E-state index < -0.39 is 26.0 Å². The zero-order valence-electron chi connectivity index (χ0n) is 22.5. The molecule has 1 aliphatic heterocycles. The predicted octanol–water partition coefficient (Wildman–Crippen LogP) is 3.42. The molecule has 0 saturated carbocycles. The van der Waals surface area contributed by atoms with Crippen LogP contribution in [0.2, 0.25) is 0 Å². The van der Waals surface area contributed by atoms with Gasteiger partial charge in [0.05, 0.1) is 23.4 Å². The summed E-state index contributed by atoms with van der Waals surface area (Å²) in [6, 6.07) is 21.9. The lowest BCUT2D eigenvalue weighted by Crippen LogP contribution is -2.41. The Balaban J connectivity index is 1.42. The summed E-state index contributed by atoms with van der Waals surface area (Å²) < 4.78 is 60.5. The van der Waals surface area contributed by atoms with Crippen molar-refractivity contribution in [1.29, 1.82) is 0 Å². The maximum absolute atomic E-state index is 13.5. The fraction of sp³-hybridized carbons (Fsp3) is 0.345. The number of rotatable bonds is 12. The van der Waals surface area contributed by atoms with Gasteiger partial charge < -0.3 is 10.1 Å². The van der Waals surface area contributed by atoms with Crippen LogP contribution in [0, 0.1) is 0 Å².